The van der Waals surface area contributed by atoms with Crippen molar-refractivity contribution in [3.05, 3.63) is 64.2 Å². The Morgan fingerprint density at radius 2 is 2.00 bits per heavy atom. The quantitative estimate of drug-likeness (QED) is 0.725. The Labute approximate surface area is 176 Å². The van der Waals surface area contributed by atoms with E-state index < -0.39 is 5.91 Å². The number of thioether (sulfide) groups is 1. The fraction of sp³-hybridized carbons (Fsp3) is 0.100. The van der Waals surface area contributed by atoms with Gasteiger partial charge in [-0.25, -0.2) is 0 Å². The van der Waals surface area contributed by atoms with E-state index in [1.54, 1.807) is 49.1 Å². The van der Waals surface area contributed by atoms with Gasteiger partial charge in [0.15, 0.2) is 22.5 Å². The molecule has 1 amide bonds. The summed E-state index contributed by atoms with van der Waals surface area (Å²) < 4.78 is 11.3. The number of amidine groups is 2. The van der Waals surface area contributed by atoms with E-state index >= 15 is 0 Å². The SMILES string of the molecule is COc1cc(C=C2C(=N)N3N=CSC3=NC2=O)ccc1OCc1ccc(Cl)cc1. The van der Waals surface area contributed by atoms with Gasteiger partial charge in [0.25, 0.3) is 5.91 Å². The van der Waals surface area contributed by atoms with E-state index in [0.29, 0.717) is 33.9 Å². The van der Waals surface area contributed by atoms with Gasteiger partial charge in [0.2, 0.25) is 0 Å². The maximum atomic E-state index is 12.3. The largest absolute Gasteiger partial charge is 0.493 e. The van der Waals surface area contributed by atoms with Gasteiger partial charge in [-0.1, -0.05) is 29.8 Å². The second-order valence-electron chi connectivity index (χ2n) is 6.08. The number of carbonyl (C=O) groups is 1. The molecule has 0 fully saturated rings. The molecule has 29 heavy (non-hydrogen) atoms. The highest BCUT2D eigenvalue weighted by atomic mass is 35.5. The molecule has 0 aliphatic carbocycles. The number of hydrazone groups is 1. The summed E-state index contributed by atoms with van der Waals surface area (Å²) in [5.74, 6) is 0.599. The Balaban J connectivity index is 1.55. The average Bonchev–Trinajstić information content (AvgIpc) is 3.19. The predicted octanol–water partition coefficient (Wildman–Crippen LogP) is 4.18. The van der Waals surface area contributed by atoms with Crippen molar-refractivity contribution in [2.75, 3.05) is 7.11 Å². The molecule has 0 atom stereocenters. The highest BCUT2D eigenvalue weighted by molar-refractivity contribution is 8.25. The highest BCUT2D eigenvalue weighted by Gasteiger charge is 2.32. The van der Waals surface area contributed by atoms with Crippen LogP contribution in [0.25, 0.3) is 6.08 Å². The number of nitrogens with zero attached hydrogens (tertiary/aromatic N) is 3. The molecule has 2 aromatic rings. The lowest BCUT2D eigenvalue weighted by molar-refractivity contribution is -0.114. The van der Waals surface area contributed by atoms with Gasteiger partial charge in [0, 0.05) is 5.02 Å². The summed E-state index contributed by atoms with van der Waals surface area (Å²) in [5.41, 5.74) is 3.36. The Morgan fingerprint density at radius 3 is 2.76 bits per heavy atom. The molecule has 0 saturated heterocycles. The summed E-state index contributed by atoms with van der Waals surface area (Å²) >= 11 is 7.11. The summed E-state index contributed by atoms with van der Waals surface area (Å²) in [6, 6.07) is 12.7. The molecule has 7 nitrogen and oxygen atoms in total. The van der Waals surface area contributed by atoms with Gasteiger partial charge in [0.1, 0.15) is 6.61 Å². The number of benzene rings is 2. The zero-order valence-electron chi connectivity index (χ0n) is 15.3. The second-order valence-corrected chi connectivity index (χ2v) is 7.33. The topological polar surface area (TPSA) is 87.3 Å². The van der Waals surface area contributed by atoms with Gasteiger partial charge in [-0.2, -0.15) is 15.1 Å². The third-order valence-electron chi connectivity index (χ3n) is 4.20. The van der Waals surface area contributed by atoms with Crippen LogP contribution in [-0.2, 0) is 11.4 Å². The minimum atomic E-state index is -0.471. The first kappa shape index (κ1) is 19.2. The van der Waals surface area contributed by atoms with E-state index in [-0.39, 0.29) is 11.4 Å². The monoisotopic (exact) mass is 426 g/mol. The van der Waals surface area contributed by atoms with Crippen molar-refractivity contribution in [1.29, 1.82) is 5.41 Å². The van der Waals surface area contributed by atoms with Crippen molar-refractivity contribution >= 4 is 51.9 Å². The molecular formula is C20H15ClN4O3S. The van der Waals surface area contributed by atoms with Crippen LogP contribution in [-0.4, -0.2) is 34.6 Å². The fourth-order valence-corrected chi connectivity index (χ4v) is 3.47. The van der Waals surface area contributed by atoms with Gasteiger partial charge in [0.05, 0.1) is 18.2 Å². The van der Waals surface area contributed by atoms with Gasteiger partial charge in [-0.15, -0.1) is 0 Å². The first-order valence-corrected chi connectivity index (χ1v) is 9.79. The summed E-state index contributed by atoms with van der Waals surface area (Å²) in [4.78, 5) is 16.3. The molecule has 9 heteroatoms. The molecule has 2 heterocycles. The predicted molar refractivity (Wildman–Crippen MR) is 115 cm³/mol. The average molecular weight is 427 g/mol. The molecule has 2 aromatic carbocycles. The Morgan fingerprint density at radius 1 is 1.21 bits per heavy atom. The van der Waals surface area contributed by atoms with Crippen LogP contribution in [0.3, 0.4) is 0 Å². The smallest absolute Gasteiger partial charge is 0.283 e. The van der Waals surface area contributed by atoms with Crippen LogP contribution >= 0.6 is 23.4 Å². The van der Waals surface area contributed by atoms with Crippen molar-refractivity contribution in [3.63, 3.8) is 0 Å². The van der Waals surface area contributed by atoms with Crippen LogP contribution in [0.5, 0.6) is 11.5 Å². The third-order valence-corrected chi connectivity index (χ3v) is 5.13. The van der Waals surface area contributed by atoms with Gasteiger partial charge in [-0.05, 0) is 53.2 Å². The number of hydrogen-bond donors (Lipinski definition) is 1. The first-order valence-electron chi connectivity index (χ1n) is 8.53. The Hall–Kier alpha value is -3.10. The molecule has 4 rings (SSSR count). The van der Waals surface area contributed by atoms with Gasteiger partial charge in [-0.3, -0.25) is 10.2 Å². The molecule has 1 N–H and O–H groups in total. The maximum absolute atomic E-state index is 12.3. The first-order chi connectivity index (χ1) is 14.0. The summed E-state index contributed by atoms with van der Waals surface area (Å²) in [6.07, 6.45) is 1.59. The van der Waals surface area contributed by atoms with Gasteiger partial charge >= 0.3 is 0 Å². The van der Waals surface area contributed by atoms with Crippen molar-refractivity contribution in [2.24, 2.45) is 10.1 Å². The number of aliphatic imine (C=N–C) groups is 1. The number of amides is 1. The minimum absolute atomic E-state index is 0.0109. The van der Waals surface area contributed by atoms with Crippen molar-refractivity contribution in [3.8, 4) is 11.5 Å². The maximum Gasteiger partial charge on any atom is 0.283 e. The summed E-state index contributed by atoms with van der Waals surface area (Å²) in [6.45, 7) is 0.360. The van der Waals surface area contributed by atoms with Crippen LogP contribution in [0.1, 0.15) is 11.1 Å². The lowest BCUT2D eigenvalue weighted by atomic mass is 10.1. The summed E-state index contributed by atoms with van der Waals surface area (Å²) in [5, 5.41) is 14.7. The standard InChI is InChI=1S/C20H15ClN4O3S/c1-27-17-9-13(4-7-16(17)28-10-12-2-5-14(21)6-3-12)8-15-18(22)25-20(24-19(15)26)29-11-23-25/h2-9,11,22H,10H2,1H3. The molecule has 0 unspecified atom stereocenters. The number of carbonyl (C=O) groups excluding carboxylic acids is 1. The lowest BCUT2D eigenvalue weighted by Crippen LogP contribution is -2.35. The van der Waals surface area contributed by atoms with E-state index in [1.165, 1.54) is 16.8 Å². The van der Waals surface area contributed by atoms with Crippen LogP contribution in [0.2, 0.25) is 5.02 Å². The Bertz CT molecular complexity index is 1080. The summed E-state index contributed by atoms with van der Waals surface area (Å²) in [7, 11) is 1.54. The van der Waals surface area contributed by atoms with Crippen molar-refractivity contribution < 1.29 is 14.3 Å². The van der Waals surface area contributed by atoms with Crippen molar-refractivity contribution in [2.45, 2.75) is 6.61 Å². The van der Waals surface area contributed by atoms with E-state index in [0.717, 1.165) is 5.56 Å². The van der Waals surface area contributed by atoms with Crippen LogP contribution in [0.4, 0.5) is 0 Å². The number of halogens is 1. The van der Waals surface area contributed by atoms with Gasteiger partial charge < -0.3 is 9.47 Å². The molecule has 0 saturated carbocycles. The molecule has 2 aliphatic rings. The van der Waals surface area contributed by atoms with Crippen LogP contribution < -0.4 is 9.47 Å². The number of nitrogens with one attached hydrogen (secondary N) is 1. The van der Waals surface area contributed by atoms with E-state index in [4.69, 9.17) is 26.5 Å². The molecule has 0 radical (unpaired) electrons. The van der Waals surface area contributed by atoms with Crippen LogP contribution in [0.15, 0.2) is 58.1 Å². The fourth-order valence-electron chi connectivity index (χ4n) is 2.74. The zero-order chi connectivity index (χ0) is 20.4. The number of methoxy groups -OCH3 is 1. The Kier molecular flexibility index (Phi) is 5.37. The number of rotatable bonds is 5. The molecular weight excluding hydrogens is 412 g/mol. The molecule has 0 aromatic heterocycles. The van der Waals surface area contributed by atoms with Crippen LogP contribution in [0, 0.1) is 5.41 Å². The van der Waals surface area contributed by atoms with Crippen molar-refractivity contribution in [1.82, 2.24) is 5.01 Å². The zero-order valence-corrected chi connectivity index (χ0v) is 16.8. The molecule has 146 valence electrons. The number of ether oxygens (including phenoxy) is 2. The van der Waals surface area contributed by atoms with E-state index in [1.807, 2.05) is 12.1 Å². The molecule has 2 aliphatic heterocycles. The minimum Gasteiger partial charge on any atom is -0.493 e. The number of hydrogen-bond acceptors (Lipinski definition) is 6. The molecule has 0 bridgehead atoms. The number of fused-ring (bicyclic) bond motifs is 1. The van der Waals surface area contributed by atoms with E-state index in [2.05, 4.69) is 10.1 Å². The second kappa shape index (κ2) is 8.10. The normalized spacial score (nSPS) is 16.8. The third kappa shape index (κ3) is 4.03. The van der Waals surface area contributed by atoms with E-state index in [9.17, 15) is 4.79 Å². The lowest BCUT2D eigenvalue weighted by Gasteiger charge is -2.20. The molecule has 0 spiro atoms. The highest BCUT2D eigenvalue weighted by Crippen LogP contribution is 2.31.